The van der Waals surface area contributed by atoms with E-state index in [1.807, 2.05) is 24.3 Å². The highest BCUT2D eigenvalue weighted by molar-refractivity contribution is 6.33. The van der Waals surface area contributed by atoms with Gasteiger partial charge in [0.05, 0.1) is 16.3 Å². The topological polar surface area (TPSA) is 84.3 Å². The summed E-state index contributed by atoms with van der Waals surface area (Å²) in [4.78, 5) is 20.4. The first-order chi connectivity index (χ1) is 13.2. The summed E-state index contributed by atoms with van der Waals surface area (Å²) in [5.74, 6) is 0.530. The minimum absolute atomic E-state index is 0.0860. The van der Waals surface area contributed by atoms with Crippen molar-refractivity contribution in [3.8, 4) is 6.07 Å². The van der Waals surface area contributed by atoms with E-state index in [1.165, 1.54) is 0 Å². The number of amides is 2. The molecule has 27 heavy (non-hydrogen) atoms. The third kappa shape index (κ3) is 4.80. The molecule has 0 bridgehead atoms. The van der Waals surface area contributed by atoms with E-state index in [-0.39, 0.29) is 6.03 Å². The number of carbonyl (C=O) groups excluding carboxylic acids is 1. The molecule has 0 aliphatic carbocycles. The Labute approximate surface area is 163 Å². The van der Waals surface area contributed by atoms with Crippen molar-refractivity contribution >= 4 is 29.1 Å². The second-order valence-electron chi connectivity index (χ2n) is 6.10. The van der Waals surface area contributed by atoms with Crippen LogP contribution in [0.15, 0.2) is 42.6 Å². The van der Waals surface area contributed by atoms with Gasteiger partial charge >= 0.3 is 6.03 Å². The number of rotatable bonds is 5. The predicted octanol–water partition coefficient (Wildman–Crippen LogP) is 2.55. The van der Waals surface area contributed by atoms with Crippen LogP contribution in [-0.4, -0.2) is 55.2 Å². The van der Waals surface area contributed by atoms with Gasteiger partial charge in [-0.25, -0.2) is 9.78 Å². The maximum atomic E-state index is 12.3. The number of carbonyl (C=O) groups is 1. The van der Waals surface area contributed by atoms with Crippen LogP contribution in [0.3, 0.4) is 0 Å². The molecule has 0 saturated carbocycles. The van der Waals surface area contributed by atoms with Crippen LogP contribution in [0, 0.1) is 11.3 Å². The maximum Gasteiger partial charge on any atom is 0.317 e. The van der Waals surface area contributed by atoms with Gasteiger partial charge < -0.3 is 20.4 Å². The molecular formula is C19H21ClN6O. The van der Waals surface area contributed by atoms with E-state index in [4.69, 9.17) is 16.9 Å². The molecule has 1 aliphatic rings. The number of nitrogens with zero attached hydrogens (tertiary/aromatic N) is 4. The van der Waals surface area contributed by atoms with Crippen molar-refractivity contribution in [2.75, 3.05) is 49.5 Å². The highest BCUT2D eigenvalue weighted by atomic mass is 35.5. The fourth-order valence-corrected chi connectivity index (χ4v) is 3.21. The highest BCUT2D eigenvalue weighted by Gasteiger charge is 2.21. The zero-order chi connectivity index (χ0) is 19.1. The SMILES string of the molecule is N#Cc1cccnc1NCCNC(=O)N1CCN(c2ccccc2Cl)CC1. The number of para-hydroxylation sites is 1. The van der Waals surface area contributed by atoms with Gasteiger partial charge in [-0.1, -0.05) is 23.7 Å². The lowest BCUT2D eigenvalue weighted by molar-refractivity contribution is 0.195. The lowest BCUT2D eigenvalue weighted by Crippen LogP contribution is -2.52. The van der Waals surface area contributed by atoms with Crippen molar-refractivity contribution in [1.82, 2.24) is 15.2 Å². The molecule has 1 fully saturated rings. The highest BCUT2D eigenvalue weighted by Crippen LogP contribution is 2.25. The third-order valence-electron chi connectivity index (χ3n) is 4.38. The van der Waals surface area contributed by atoms with Gasteiger partial charge in [-0.15, -0.1) is 0 Å². The second-order valence-corrected chi connectivity index (χ2v) is 6.50. The molecule has 1 aromatic heterocycles. The Kier molecular flexibility index (Phi) is 6.34. The number of urea groups is 1. The molecule has 2 heterocycles. The van der Waals surface area contributed by atoms with Crippen LogP contribution < -0.4 is 15.5 Å². The molecule has 7 nitrogen and oxygen atoms in total. The van der Waals surface area contributed by atoms with E-state index in [0.717, 1.165) is 23.8 Å². The van der Waals surface area contributed by atoms with Crippen molar-refractivity contribution in [1.29, 1.82) is 5.26 Å². The number of anilines is 2. The Morgan fingerprint density at radius 1 is 1.15 bits per heavy atom. The summed E-state index contributed by atoms with van der Waals surface area (Å²) in [5.41, 5.74) is 1.49. The molecule has 2 aromatic rings. The molecule has 140 valence electrons. The largest absolute Gasteiger partial charge is 0.367 e. The molecular weight excluding hydrogens is 364 g/mol. The molecule has 2 N–H and O–H groups in total. The zero-order valence-corrected chi connectivity index (χ0v) is 15.6. The zero-order valence-electron chi connectivity index (χ0n) is 14.9. The average Bonchev–Trinajstić information content (AvgIpc) is 2.72. The van der Waals surface area contributed by atoms with Gasteiger partial charge in [-0.05, 0) is 24.3 Å². The number of nitriles is 1. The van der Waals surface area contributed by atoms with Crippen LogP contribution in [0.2, 0.25) is 5.02 Å². The van der Waals surface area contributed by atoms with Gasteiger partial charge in [0, 0.05) is 45.5 Å². The Morgan fingerprint density at radius 3 is 2.67 bits per heavy atom. The van der Waals surface area contributed by atoms with Crippen LogP contribution >= 0.6 is 11.6 Å². The fraction of sp³-hybridized carbons (Fsp3) is 0.316. The van der Waals surface area contributed by atoms with Crippen LogP contribution in [0.4, 0.5) is 16.3 Å². The number of hydrogen-bond acceptors (Lipinski definition) is 5. The van der Waals surface area contributed by atoms with Crippen molar-refractivity contribution in [2.24, 2.45) is 0 Å². The summed E-state index contributed by atoms with van der Waals surface area (Å²) in [6.45, 7) is 3.72. The van der Waals surface area contributed by atoms with Crippen LogP contribution in [0.25, 0.3) is 0 Å². The van der Waals surface area contributed by atoms with Crippen molar-refractivity contribution in [3.05, 3.63) is 53.2 Å². The molecule has 2 amide bonds. The van der Waals surface area contributed by atoms with E-state index < -0.39 is 0 Å². The predicted molar refractivity (Wildman–Crippen MR) is 106 cm³/mol. The summed E-state index contributed by atoms with van der Waals surface area (Å²) >= 11 is 6.25. The van der Waals surface area contributed by atoms with Crippen molar-refractivity contribution in [3.63, 3.8) is 0 Å². The molecule has 0 unspecified atom stereocenters. The van der Waals surface area contributed by atoms with Gasteiger partial charge in [0.15, 0.2) is 0 Å². The number of halogens is 1. The summed E-state index contributed by atoms with van der Waals surface area (Å²) in [6, 6.07) is 13.2. The molecule has 3 rings (SSSR count). The Hall–Kier alpha value is -2.98. The third-order valence-corrected chi connectivity index (χ3v) is 4.70. The summed E-state index contributed by atoms with van der Waals surface area (Å²) in [6.07, 6.45) is 1.63. The maximum absolute atomic E-state index is 12.3. The van der Waals surface area contributed by atoms with Crippen LogP contribution in [0.5, 0.6) is 0 Å². The Balaban J connectivity index is 1.41. The van der Waals surface area contributed by atoms with E-state index in [9.17, 15) is 4.79 Å². The lowest BCUT2D eigenvalue weighted by atomic mass is 10.2. The monoisotopic (exact) mass is 384 g/mol. The van der Waals surface area contributed by atoms with E-state index >= 15 is 0 Å². The first-order valence-corrected chi connectivity index (χ1v) is 9.18. The number of aromatic nitrogens is 1. The molecule has 1 aromatic carbocycles. The molecule has 0 atom stereocenters. The van der Waals surface area contributed by atoms with E-state index in [0.29, 0.717) is 37.6 Å². The first-order valence-electron chi connectivity index (χ1n) is 8.80. The molecule has 1 saturated heterocycles. The van der Waals surface area contributed by atoms with Crippen molar-refractivity contribution < 1.29 is 4.79 Å². The summed E-state index contributed by atoms with van der Waals surface area (Å²) < 4.78 is 0. The van der Waals surface area contributed by atoms with Crippen molar-refractivity contribution in [2.45, 2.75) is 0 Å². The summed E-state index contributed by atoms with van der Waals surface area (Å²) in [7, 11) is 0. The number of nitrogens with one attached hydrogen (secondary N) is 2. The first kappa shape index (κ1) is 18.8. The van der Waals surface area contributed by atoms with Gasteiger partial charge in [0.2, 0.25) is 0 Å². The Bertz CT molecular complexity index is 829. The van der Waals surface area contributed by atoms with Gasteiger partial charge in [0.25, 0.3) is 0 Å². The van der Waals surface area contributed by atoms with Crippen LogP contribution in [-0.2, 0) is 0 Å². The normalized spacial score (nSPS) is 13.8. The Morgan fingerprint density at radius 2 is 1.93 bits per heavy atom. The average molecular weight is 385 g/mol. The van der Waals surface area contributed by atoms with Gasteiger partial charge in [0.1, 0.15) is 11.9 Å². The number of piperazine rings is 1. The van der Waals surface area contributed by atoms with E-state index in [2.05, 4.69) is 26.6 Å². The minimum Gasteiger partial charge on any atom is -0.367 e. The smallest absolute Gasteiger partial charge is 0.317 e. The van der Waals surface area contributed by atoms with E-state index in [1.54, 1.807) is 23.2 Å². The number of hydrogen-bond donors (Lipinski definition) is 2. The van der Waals surface area contributed by atoms with Crippen LogP contribution in [0.1, 0.15) is 5.56 Å². The standard InChI is InChI=1S/C19H21ClN6O/c20-16-5-1-2-6-17(16)25-10-12-26(13-11-25)19(27)24-9-8-23-18-15(14-21)4-3-7-22-18/h1-7H,8-13H2,(H,22,23)(H,24,27). The second kappa shape index (κ2) is 9.10. The van der Waals surface area contributed by atoms with Gasteiger partial charge in [-0.2, -0.15) is 5.26 Å². The molecule has 0 spiro atoms. The minimum atomic E-state index is -0.0860. The quantitative estimate of drug-likeness (QED) is 0.774. The number of benzene rings is 1. The molecule has 0 radical (unpaired) electrons. The molecule has 1 aliphatic heterocycles. The number of pyridine rings is 1. The fourth-order valence-electron chi connectivity index (χ4n) is 2.96. The van der Waals surface area contributed by atoms with Gasteiger partial charge in [-0.3, -0.25) is 0 Å². The molecule has 8 heteroatoms. The lowest BCUT2D eigenvalue weighted by Gasteiger charge is -2.36. The summed E-state index contributed by atoms with van der Waals surface area (Å²) in [5, 5.41) is 15.7.